The average molecular weight is 341 g/mol. The van der Waals surface area contributed by atoms with E-state index >= 15 is 0 Å². The van der Waals surface area contributed by atoms with E-state index in [4.69, 9.17) is 22.1 Å². The van der Waals surface area contributed by atoms with Crippen LogP contribution >= 0.6 is 27.5 Å². The number of halogens is 2. The predicted molar refractivity (Wildman–Crippen MR) is 83.2 cm³/mol. The molecule has 0 heterocycles. The SMILES string of the molecule is Cc1cc(Oc2ccc(Cl)cc2CCN)ccc1Br. The van der Waals surface area contributed by atoms with Crippen LogP contribution in [0.5, 0.6) is 11.5 Å². The number of rotatable bonds is 4. The van der Waals surface area contributed by atoms with Crippen molar-refractivity contribution in [2.75, 3.05) is 6.54 Å². The summed E-state index contributed by atoms with van der Waals surface area (Å²) in [6, 6.07) is 11.5. The first-order valence-corrected chi connectivity index (χ1v) is 7.20. The summed E-state index contributed by atoms with van der Waals surface area (Å²) in [5, 5.41) is 0.697. The fraction of sp³-hybridized carbons (Fsp3) is 0.200. The first-order chi connectivity index (χ1) is 9.10. The van der Waals surface area contributed by atoms with E-state index in [-0.39, 0.29) is 0 Å². The number of ether oxygens (including phenoxy) is 1. The van der Waals surface area contributed by atoms with Gasteiger partial charge in [-0.1, -0.05) is 27.5 Å². The molecule has 100 valence electrons. The Kier molecular flexibility index (Phi) is 4.86. The molecule has 0 aliphatic carbocycles. The molecule has 0 radical (unpaired) electrons. The molecule has 4 heteroatoms. The van der Waals surface area contributed by atoms with E-state index in [1.165, 1.54) is 0 Å². The standard InChI is InChI=1S/C15H15BrClNO/c1-10-8-13(3-4-14(10)16)19-15-5-2-12(17)9-11(15)6-7-18/h2-5,8-9H,6-7,18H2,1H3. The van der Waals surface area contributed by atoms with Crippen LogP contribution in [0.4, 0.5) is 0 Å². The Balaban J connectivity index is 2.29. The molecule has 2 nitrogen and oxygen atoms in total. The second-order valence-electron chi connectivity index (χ2n) is 4.30. The Labute approximate surface area is 126 Å². The van der Waals surface area contributed by atoms with E-state index in [0.29, 0.717) is 11.6 Å². The van der Waals surface area contributed by atoms with Crippen molar-refractivity contribution in [2.24, 2.45) is 5.73 Å². The minimum absolute atomic E-state index is 0.566. The van der Waals surface area contributed by atoms with Crippen molar-refractivity contribution in [3.8, 4) is 11.5 Å². The summed E-state index contributed by atoms with van der Waals surface area (Å²) in [6.07, 6.45) is 0.741. The van der Waals surface area contributed by atoms with Crippen LogP contribution in [0.25, 0.3) is 0 Å². The molecular formula is C15H15BrClNO. The topological polar surface area (TPSA) is 35.2 Å². The van der Waals surface area contributed by atoms with Gasteiger partial charge in [0, 0.05) is 9.50 Å². The lowest BCUT2D eigenvalue weighted by Gasteiger charge is -2.12. The summed E-state index contributed by atoms with van der Waals surface area (Å²) >= 11 is 9.47. The molecule has 2 aromatic rings. The zero-order valence-electron chi connectivity index (χ0n) is 10.6. The average Bonchev–Trinajstić information content (AvgIpc) is 2.37. The van der Waals surface area contributed by atoms with Crippen molar-refractivity contribution in [1.82, 2.24) is 0 Å². The minimum Gasteiger partial charge on any atom is -0.457 e. The molecule has 0 saturated carbocycles. The molecule has 0 aromatic heterocycles. The monoisotopic (exact) mass is 339 g/mol. The zero-order valence-corrected chi connectivity index (χ0v) is 13.0. The van der Waals surface area contributed by atoms with Gasteiger partial charge in [0.1, 0.15) is 11.5 Å². The van der Waals surface area contributed by atoms with Gasteiger partial charge in [-0.3, -0.25) is 0 Å². The fourth-order valence-electron chi connectivity index (χ4n) is 1.81. The van der Waals surface area contributed by atoms with Gasteiger partial charge in [0.25, 0.3) is 0 Å². The molecule has 0 saturated heterocycles. The smallest absolute Gasteiger partial charge is 0.130 e. The van der Waals surface area contributed by atoms with Crippen LogP contribution in [0.15, 0.2) is 40.9 Å². The summed E-state index contributed by atoms with van der Waals surface area (Å²) in [7, 11) is 0. The molecule has 2 aromatic carbocycles. The van der Waals surface area contributed by atoms with Crippen LogP contribution < -0.4 is 10.5 Å². The van der Waals surface area contributed by atoms with E-state index in [2.05, 4.69) is 15.9 Å². The van der Waals surface area contributed by atoms with Crippen LogP contribution in [0.3, 0.4) is 0 Å². The predicted octanol–water partition coefficient (Wildman–Crippen LogP) is 4.70. The van der Waals surface area contributed by atoms with Crippen molar-refractivity contribution >= 4 is 27.5 Å². The molecule has 0 unspecified atom stereocenters. The molecule has 0 aliphatic rings. The normalized spacial score (nSPS) is 10.5. The Morgan fingerprint density at radius 1 is 1.21 bits per heavy atom. The van der Waals surface area contributed by atoms with Gasteiger partial charge >= 0.3 is 0 Å². The third kappa shape index (κ3) is 3.72. The number of benzene rings is 2. The highest BCUT2D eigenvalue weighted by atomic mass is 79.9. The molecule has 0 aliphatic heterocycles. The maximum atomic E-state index is 6.00. The van der Waals surface area contributed by atoms with Gasteiger partial charge in [-0.05, 0) is 67.4 Å². The first kappa shape index (κ1) is 14.4. The maximum Gasteiger partial charge on any atom is 0.130 e. The fourth-order valence-corrected chi connectivity index (χ4v) is 2.25. The number of aryl methyl sites for hydroxylation is 1. The van der Waals surface area contributed by atoms with Gasteiger partial charge < -0.3 is 10.5 Å². The molecule has 0 spiro atoms. The number of hydrogen-bond donors (Lipinski definition) is 1. The van der Waals surface area contributed by atoms with Crippen LogP contribution in [0.1, 0.15) is 11.1 Å². The Hall–Kier alpha value is -1.03. The Morgan fingerprint density at radius 2 is 2.00 bits per heavy atom. The van der Waals surface area contributed by atoms with Crippen LogP contribution in [0, 0.1) is 6.92 Å². The Morgan fingerprint density at radius 3 is 2.68 bits per heavy atom. The summed E-state index contributed by atoms with van der Waals surface area (Å²) < 4.78 is 6.99. The summed E-state index contributed by atoms with van der Waals surface area (Å²) in [5.41, 5.74) is 7.77. The van der Waals surface area contributed by atoms with Crippen LogP contribution in [-0.2, 0) is 6.42 Å². The summed E-state index contributed by atoms with van der Waals surface area (Å²) in [6.45, 7) is 2.59. The third-order valence-electron chi connectivity index (χ3n) is 2.79. The highest BCUT2D eigenvalue weighted by Crippen LogP contribution is 2.30. The number of hydrogen-bond acceptors (Lipinski definition) is 2. The Bertz CT molecular complexity index is 586. The van der Waals surface area contributed by atoms with E-state index in [1.807, 2.05) is 43.3 Å². The highest BCUT2D eigenvalue weighted by Gasteiger charge is 2.06. The second-order valence-corrected chi connectivity index (χ2v) is 5.59. The lowest BCUT2D eigenvalue weighted by atomic mass is 10.1. The van der Waals surface area contributed by atoms with Crippen LogP contribution in [0.2, 0.25) is 5.02 Å². The molecule has 0 fully saturated rings. The number of nitrogens with two attached hydrogens (primary N) is 1. The van der Waals surface area contributed by atoms with Crippen molar-refractivity contribution in [1.29, 1.82) is 0 Å². The van der Waals surface area contributed by atoms with Crippen molar-refractivity contribution in [3.63, 3.8) is 0 Å². The summed E-state index contributed by atoms with van der Waals surface area (Å²) in [4.78, 5) is 0. The van der Waals surface area contributed by atoms with E-state index in [9.17, 15) is 0 Å². The zero-order chi connectivity index (χ0) is 13.8. The molecule has 0 amide bonds. The molecular weight excluding hydrogens is 326 g/mol. The molecule has 2 N–H and O–H groups in total. The molecule has 0 atom stereocenters. The van der Waals surface area contributed by atoms with Gasteiger partial charge in [0.15, 0.2) is 0 Å². The third-order valence-corrected chi connectivity index (χ3v) is 3.92. The lowest BCUT2D eigenvalue weighted by Crippen LogP contribution is -2.04. The van der Waals surface area contributed by atoms with Crippen molar-refractivity contribution < 1.29 is 4.74 Å². The van der Waals surface area contributed by atoms with Crippen LogP contribution in [-0.4, -0.2) is 6.54 Å². The largest absolute Gasteiger partial charge is 0.457 e. The lowest BCUT2D eigenvalue weighted by molar-refractivity contribution is 0.476. The minimum atomic E-state index is 0.566. The van der Waals surface area contributed by atoms with E-state index in [0.717, 1.165) is 33.5 Å². The first-order valence-electron chi connectivity index (χ1n) is 6.02. The highest BCUT2D eigenvalue weighted by molar-refractivity contribution is 9.10. The van der Waals surface area contributed by atoms with Crippen molar-refractivity contribution in [3.05, 3.63) is 57.0 Å². The second kappa shape index (κ2) is 6.42. The van der Waals surface area contributed by atoms with E-state index in [1.54, 1.807) is 0 Å². The quantitative estimate of drug-likeness (QED) is 0.875. The van der Waals surface area contributed by atoms with Gasteiger partial charge in [-0.2, -0.15) is 0 Å². The molecule has 2 rings (SSSR count). The van der Waals surface area contributed by atoms with Gasteiger partial charge in [0.05, 0.1) is 0 Å². The molecule has 19 heavy (non-hydrogen) atoms. The van der Waals surface area contributed by atoms with E-state index < -0.39 is 0 Å². The van der Waals surface area contributed by atoms with Crippen molar-refractivity contribution in [2.45, 2.75) is 13.3 Å². The van der Waals surface area contributed by atoms with Gasteiger partial charge in [-0.15, -0.1) is 0 Å². The maximum absolute atomic E-state index is 6.00. The van der Waals surface area contributed by atoms with Gasteiger partial charge in [0.2, 0.25) is 0 Å². The molecule has 0 bridgehead atoms. The van der Waals surface area contributed by atoms with Gasteiger partial charge in [-0.25, -0.2) is 0 Å². The summed E-state index contributed by atoms with van der Waals surface area (Å²) in [5.74, 6) is 1.61.